The summed E-state index contributed by atoms with van der Waals surface area (Å²) < 4.78 is 0. The first kappa shape index (κ1) is 7.48. The van der Waals surface area contributed by atoms with Crippen molar-refractivity contribution in [2.45, 2.75) is 12.8 Å². The highest BCUT2D eigenvalue weighted by Crippen LogP contribution is 2.12. The zero-order valence-corrected chi connectivity index (χ0v) is 6.10. The fourth-order valence-corrected chi connectivity index (χ4v) is 1.26. The molecule has 56 valence electrons. The monoisotopic (exact) mass is 139 g/mol. The average Bonchev–Trinajstić information content (AvgIpc) is 2.40. The fraction of sp³-hybridized carbons (Fsp3) is 0.625. The van der Waals surface area contributed by atoms with Crippen LogP contribution in [0.5, 0.6) is 0 Å². The van der Waals surface area contributed by atoms with Crippen molar-refractivity contribution < 1.29 is 4.79 Å². The van der Waals surface area contributed by atoms with Gasteiger partial charge in [0.1, 0.15) is 0 Å². The Bertz CT molecular complexity index is 136. The largest absolute Gasteiger partial charge is 0.316 e. The summed E-state index contributed by atoms with van der Waals surface area (Å²) in [5.41, 5.74) is 0. The molecule has 1 aliphatic heterocycles. The number of ketones is 1. The lowest BCUT2D eigenvalue weighted by Crippen LogP contribution is -2.11. The Morgan fingerprint density at radius 1 is 1.80 bits per heavy atom. The molecule has 1 fully saturated rings. The zero-order chi connectivity index (χ0) is 7.40. The number of carbonyl (C=O) groups excluding carboxylic acids is 1. The molecule has 1 unspecified atom stereocenters. The molecule has 0 spiro atoms. The molecule has 0 radical (unpaired) electrons. The van der Waals surface area contributed by atoms with E-state index in [1.54, 1.807) is 0 Å². The van der Waals surface area contributed by atoms with Gasteiger partial charge in [-0.05, 0) is 31.5 Å². The Morgan fingerprint density at radius 3 is 3.10 bits per heavy atom. The lowest BCUT2D eigenvalue weighted by Gasteiger charge is -2.02. The minimum atomic E-state index is 0.175. The van der Waals surface area contributed by atoms with E-state index in [1.165, 1.54) is 6.08 Å². The van der Waals surface area contributed by atoms with E-state index in [-0.39, 0.29) is 5.78 Å². The Hall–Kier alpha value is -0.630. The zero-order valence-electron chi connectivity index (χ0n) is 6.10. The van der Waals surface area contributed by atoms with Gasteiger partial charge in [-0.25, -0.2) is 0 Å². The Balaban J connectivity index is 2.23. The van der Waals surface area contributed by atoms with Gasteiger partial charge in [0.15, 0.2) is 5.78 Å². The standard InChI is InChI=1S/C8H13NO/c1-2-8(10)5-7-3-4-9-6-7/h2,7,9H,1,3-6H2. The summed E-state index contributed by atoms with van der Waals surface area (Å²) >= 11 is 0. The Kier molecular flexibility index (Phi) is 2.63. The molecule has 1 aliphatic rings. The molecule has 2 heteroatoms. The van der Waals surface area contributed by atoms with E-state index < -0.39 is 0 Å². The molecule has 1 atom stereocenters. The molecular formula is C8H13NO. The summed E-state index contributed by atoms with van der Waals surface area (Å²) in [7, 11) is 0. The number of carbonyl (C=O) groups is 1. The molecule has 1 heterocycles. The molecule has 0 aromatic carbocycles. The highest BCUT2D eigenvalue weighted by Gasteiger charge is 2.15. The van der Waals surface area contributed by atoms with Crippen LogP contribution in [0.4, 0.5) is 0 Å². The molecule has 0 saturated carbocycles. The summed E-state index contributed by atoms with van der Waals surface area (Å²) in [6, 6.07) is 0. The molecular weight excluding hydrogens is 126 g/mol. The molecule has 1 N–H and O–H groups in total. The first-order valence-corrected chi connectivity index (χ1v) is 3.69. The van der Waals surface area contributed by atoms with Gasteiger partial charge in [-0.2, -0.15) is 0 Å². The SMILES string of the molecule is C=CC(=O)CC1CCNC1. The molecule has 2 nitrogen and oxygen atoms in total. The van der Waals surface area contributed by atoms with Crippen LogP contribution in [0.25, 0.3) is 0 Å². The van der Waals surface area contributed by atoms with Crippen molar-refractivity contribution in [2.24, 2.45) is 5.92 Å². The molecule has 0 amide bonds. The Labute approximate surface area is 61.3 Å². The normalized spacial score (nSPS) is 24.6. The second-order valence-corrected chi connectivity index (χ2v) is 2.73. The van der Waals surface area contributed by atoms with Gasteiger partial charge in [-0.15, -0.1) is 0 Å². The number of hydrogen-bond donors (Lipinski definition) is 1. The minimum absolute atomic E-state index is 0.175. The van der Waals surface area contributed by atoms with Gasteiger partial charge < -0.3 is 5.32 Å². The lowest BCUT2D eigenvalue weighted by molar-refractivity contribution is -0.115. The van der Waals surface area contributed by atoms with E-state index in [0.717, 1.165) is 19.5 Å². The topological polar surface area (TPSA) is 29.1 Å². The van der Waals surface area contributed by atoms with Crippen molar-refractivity contribution >= 4 is 5.78 Å². The van der Waals surface area contributed by atoms with Gasteiger partial charge in [-0.1, -0.05) is 6.58 Å². The van der Waals surface area contributed by atoms with E-state index in [0.29, 0.717) is 12.3 Å². The van der Waals surface area contributed by atoms with Crippen molar-refractivity contribution in [3.8, 4) is 0 Å². The first-order chi connectivity index (χ1) is 4.83. The summed E-state index contributed by atoms with van der Waals surface area (Å²) in [6.07, 6.45) is 3.23. The smallest absolute Gasteiger partial charge is 0.155 e. The van der Waals surface area contributed by atoms with Crippen molar-refractivity contribution in [3.63, 3.8) is 0 Å². The van der Waals surface area contributed by atoms with Crippen LogP contribution >= 0.6 is 0 Å². The van der Waals surface area contributed by atoms with Crippen LogP contribution in [0.2, 0.25) is 0 Å². The van der Waals surface area contributed by atoms with Gasteiger partial charge in [0, 0.05) is 6.42 Å². The van der Waals surface area contributed by atoms with Crippen LogP contribution in [0, 0.1) is 5.92 Å². The van der Waals surface area contributed by atoms with Gasteiger partial charge in [0.05, 0.1) is 0 Å². The maximum atomic E-state index is 10.8. The number of rotatable bonds is 3. The number of nitrogens with one attached hydrogen (secondary N) is 1. The maximum absolute atomic E-state index is 10.8. The van der Waals surface area contributed by atoms with Crippen LogP contribution in [0.1, 0.15) is 12.8 Å². The summed E-state index contributed by atoms with van der Waals surface area (Å²) in [6.45, 7) is 5.50. The second kappa shape index (κ2) is 3.52. The van der Waals surface area contributed by atoms with Crippen LogP contribution in [0.3, 0.4) is 0 Å². The fourth-order valence-electron chi connectivity index (χ4n) is 1.26. The van der Waals surface area contributed by atoms with E-state index in [2.05, 4.69) is 11.9 Å². The minimum Gasteiger partial charge on any atom is -0.316 e. The third-order valence-electron chi connectivity index (χ3n) is 1.88. The molecule has 0 aromatic rings. The highest BCUT2D eigenvalue weighted by molar-refractivity contribution is 5.89. The van der Waals surface area contributed by atoms with Gasteiger partial charge in [0.2, 0.25) is 0 Å². The lowest BCUT2D eigenvalue weighted by atomic mass is 10.0. The molecule has 0 bridgehead atoms. The van der Waals surface area contributed by atoms with Crippen LogP contribution in [-0.4, -0.2) is 18.9 Å². The Morgan fingerprint density at radius 2 is 2.60 bits per heavy atom. The van der Waals surface area contributed by atoms with E-state index in [1.807, 2.05) is 0 Å². The van der Waals surface area contributed by atoms with E-state index in [9.17, 15) is 4.79 Å². The number of allylic oxidation sites excluding steroid dienone is 1. The van der Waals surface area contributed by atoms with Crippen LogP contribution < -0.4 is 5.32 Å². The van der Waals surface area contributed by atoms with E-state index in [4.69, 9.17) is 0 Å². The van der Waals surface area contributed by atoms with Crippen molar-refractivity contribution in [1.29, 1.82) is 0 Å². The van der Waals surface area contributed by atoms with Crippen molar-refractivity contribution in [1.82, 2.24) is 5.32 Å². The van der Waals surface area contributed by atoms with Gasteiger partial charge >= 0.3 is 0 Å². The highest BCUT2D eigenvalue weighted by atomic mass is 16.1. The predicted molar refractivity (Wildman–Crippen MR) is 40.8 cm³/mol. The molecule has 0 aliphatic carbocycles. The summed E-state index contributed by atoms with van der Waals surface area (Å²) in [5, 5.41) is 3.22. The van der Waals surface area contributed by atoms with Gasteiger partial charge in [-0.3, -0.25) is 4.79 Å². The molecule has 1 saturated heterocycles. The quantitative estimate of drug-likeness (QED) is 0.584. The molecule has 1 rings (SSSR count). The third-order valence-corrected chi connectivity index (χ3v) is 1.88. The summed E-state index contributed by atoms with van der Waals surface area (Å²) in [5.74, 6) is 0.735. The van der Waals surface area contributed by atoms with E-state index >= 15 is 0 Å². The third kappa shape index (κ3) is 1.95. The number of hydrogen-bond acceptors (Lipinski definition) is 2. The molecule has 0 aromatic heterocycles. The maximum Gasteiger partial charge on any atom is 0.155 e. The molecule has 10 heavy (non-hydrogen) atoms. The van der Waals surface area contributed by atoms with Crippen molar-refractivity contribution in [3.05, 3.63) is 12.7 Å². The first-order valence-electron chi connectivity index (χ1n) is 3.69. The average molecular weight is 139 g/mol. The van der Waals surface area contributed by atoms with Gasteiger partial charge in [0.25, 0.3) is 0 Å². The van der Waals surface area contributed by atoms with Crippen LogP contribution in [-0.2, 0) is 4.79 Å². The van der Waals surface area contributed by atoms with Crippen molar-refractivity contribution in [2.75, 3.05) is 13.1 Å². The van der Waals surface area contributed by atoms with Crippen LogP contribution in [0.15, 0.2) is 12.7 Å². The second-order valence-electron chi connectivity index (χ2n) is 2.73. The summed E-state index contributed by atoms with van der Waals surface area (Å²) in [4.78, 5) is 10.8. The predicted octanol–water partition coefficient (Wildman–Crippen LogP) is 0.741.